The van der Waals surface area contributed by atoms with Crippen molar-refractivity contribution < 1.29 is 0 Å². The Hall–Kier alpha value is -1.13. The van der Waals surface area contributed by atoms with E-state index >= 15 is 0 Å². The monoisotopic (exact) mass is 274 g/mol. The number of hydrogen-bond donors (Lipinski definition) is 1. The summed E-state index contributed by atoms with van der Waals surface area (Å²) >= 11 is 0. The number of piperazine rings is 1. The van der Waals surface area contributed by atoms with Crippen molar-refractivity contribution in [1.82, 2.24) is 15.2 Å². The van der Waals surface area contributed by atoms with Crippen LogP contribution >= 0.6 is 0 Å². The molecule has 0 aliphatic carbocycles. The maximum absolute atomic E-state index is 4.86. The van der Waals surface area contributed by atoms with Crippen LogP contribution in [0.2, 0.25) is 0 Å². The molecule has 2 aliphatic heterocycles. The van der Waals surface area contributed by atoms with Crippen molar-refractivity contribution in [2.45, 2.75) is 39.3 Å². The largest absolute Gasteiger partial charge is 0.353 e. The normalized spacial score (nSPS) is 23.1. The number of aryl methyl sites for hydroxylation is 2. The molecule has 1 atom stereocenters. The predicted octanol–water partition coefficient (Wildman–Crippen LogP) is 1.70. The summed E-state index contributed by atoms with van der Waals surface area (Å²) in [5.41, 5.74) is 3.85. The van der Waals surface area contributed by atoms with E-state index in [1.165, 1.54) is 42.9 Å². The van der Waals surface area contributed by atoms with Gasteiger partial charge < -0.3 is 10.2 Å². The molecule has 0 saturated carbocycles. The SMILES string of the molecule is CNCc1c(C)cc(C)nc1N1CCN2CCCC2C1. The molecule has 4 nitrogen and oxygen atoms in total. The highest BCUT2D eigenvalue weighted by Gasteiger charge is 2.31. The van der Waals surface area contributed by atoms with Gasteiger partial charge in [0, 0.05) is 43.5 Å². The highest BCUT2D eigenvalue weighted by Crippen LogP contribution is 2.28. The lowest BCUT2D eigenvalue weighted by Crippen LogP contribution is -2.50. The molecule has 0 spiro atoms. The van der Waals surface area contributed by atoms with Crippen LogP contribution in [0, 0.1) is 13.8 Å². The van der Waals surface area contributed by atoms with Crippen molar-refractivity contribution >= 4 is 5.82 Å². The van der Waals surface area contributed by atoms with Gasteiger partial charge in [0.25, 0.3) is 0 Å². The van der Waals surface area contributed by atoms with Crippen LogP contribution in [-0.4, -0.2) is 49.2 Å². The van der Waals surface area contributed by atoms with Crippen LogP contribution < -0.4 is 10.2 Å². The molecule has 1 aromatic heterocycles. The molecular weight excluding hydrogens is 248 g/mol. The minimum Gasteiger partial charge on any atom is -0.353 e. The van der Waals surface area contributed by atoms with E-state index in [4.69, 9.17) is 4.98 Å². The van der Waals surface area contributed by atoms with E-state index in [2.05, 4.69) is 35.0 Å². The first-order valence-electron chi connectivity index (χ1n) is 7.79. The summed E-state index contributed by atoms with van der Waals surface area (Å²) < 4.78 is 0. The maximum atomic E-state index is 4.86. The number of nitrogens with one attached hydrogen (secondary N) is 1. The van der Waals surface area contributed by atoms with Gasteiger partial charge in [-0.2, -0.15) is 0 Å². The van der Waals surface area contributed by atoms with Gasteiger partial charge in [0.05, 0.1) is 0 Å². The van der Waals surface area contributed by atoms with Gasteiger partial charge in [-0.25, -0.2) is 4.98 Å². The highest BCUT2D eigenvalue weighted by atomic mass is 15.3. The fourth-order valence-electron chi connectivity index (χ4n) is 3.68. The average Bonchev–Trinajstić information content (AvgIpc) is 2.88. The van der Waals surface area contributed by atoms with Crippen LogP contribution in [0.3, 0.4) is 0 Å². The Labute approximate surface area is 122 Å². The Bertz CT molecular complexity index is 486. The molecule has 20 heavy (non-hydrogen) atoms. The maximum Gasteiger partial charge on any atom is 0.133 e. The van der Waals surface area contributed by atoms with E-state index in [-0.39, 0.29) is 0 Å². The molecule has 1 aromatic rings. The number of aromatic nitrogens is 1. The zero-order chi connectivity index (χ0) is 14.1. The second-order valence-corrected chi connectivity index (χ2v) is 6.19. The molecule has 3 rings (SSSR count). The molecule has 4 heteroatoms. The van der Waals surface area contributed by atoms with Gasteiger partial charge in [0.2, 0.25) is 0 Å². The number of anilines is 1. The Morgan fingerprint density at radius 1 is 1.30 bits per heavy atom. The summed E-state index contributed by atoms with van der Waals surface area (Å²) in [7, 11) is 2.01. The Morgan fingerprint density at radius 2 is 2.15 bits per heavy atom. The molecule has 0 amide bonds. The zero-order valence-corrected chi connectivity index (χ0v) is 12.9. The van der Waals surface area contributed by atoms with Crippen molar-refractivity contribution in [3.63, 3.8) is 0 Å². The van der Waals surface area contributed by atoms with Gasteiger partial charge in [0.1, 0.15) is 5.82 Å². The highest BCUT2D eigenvalue weighted by molar-refractivity contribution is 5.52. The van der Waals surface area contributed by atoms with Crippen molar-refractivity contribution in [2.75, 3.05) is 38.1 Å². The summed E-state index contributed by atoms with van der Waals surface area (Å²) in [6, 6.07) is 2.94. The summed E-state index contributed by atoms with van der Waals surface area (Å²) in [5, 5.41) is 3.29. The van der Waals surface area contributed by atoms with E-state index in [0.717, 1.165) is 31.4 Å². The summed E-state index contributed by atoms with van der Waals surface area (Å²) in [4.78, 5) is 10.0. The van der Waals surface area contributed by atoms with Crippen LogP contribution in [0.15, 0.2) is 6.07 Å². The second-order valence-electron chi connectivity index (χ2n) is 6.19. The molecule has 2 aliphatic rings. The minimum atomic E-state index is 0.744. The van der Waals surface area contributed by atoms with Crippen molar-refractivity contribution in [3.05, 3.63) is 22.9 Å². The number of nitrogens with zero attached hydrogens (tertiary/aromatic N) is 3. The minimum absolute atomic E-state index is 0.744. The van der Waals surface area contributed by atoms with Gasteiger partial charge in [-0.1, -0.05) is 0 Å². The average molecular weight is 274 g/mol. The molecule has 2 saturated heterocycles. The third kappa shape index (κ3) is 2.54. The molecule has 0 radical (unpaired) electrons. The zero-order valence-electron chi connectivity index (χ0n) is 12.9. The van der Waals surface area contributed by atoms with E-state index in [0.29, 0.717) is 0 Å². The number of rotatable bonds is 3. The molecule has 3 heterocycles. The van der Waals surface area contributed by atoms with Crippen molar-refractivity contribution in [2.24, 2.45) is 0 Å². The topological polar surface area (TPSA) is 31.4 Å². The lowest BCUT2D eigenvalue weighted by Gasteiger charge is -2.39. The molecule has 110 valence electrons. The molecular formula is C16H26N4. The Kier molecular flexibility index (Phi) is 3.94. The Morgan fingerprint density at radius 3 is 2.95 bits per heavy atom. The van der Waals surface area contributed by atoms with Gasteiger partial charge in [-0.3, -0.25) is 4.90 Å². The first kappa shape index (κ1) is 13.8. The van der Waals surface area contributed by atoms with Crippen LogP contribution in [0.1, 0.15) is 29.7 Å². The molecule has 2 fully saturated rings. The smallest absolute Gasteiger partial charge is 0.133 e. The first-order valence-corrected chi connectivity index (χ1v) is 7.79. The van der Waals surface area contributed by atoms with E-state index < -0.39 is 0 Å². The van der Waals surface area contributed by atoms with Crippen molar-refractivity contribution in [3.8, 4) is 0 Å². The summed E-state index contributed by atoms with van der Waals surface area (Å²) in [6.45, 7) is 9.96. The molecule has 0 aromatic carbocycles. The molecule has 0 bridgehead atoms. The molecule has 1 N–H and O–H groups in total. The number of fused-ring (bicyclic) bond motifs is 1. The molecule has 1 unspecified atom stereocenters. The van der Waals surface area contributed by atoms with Gasteiger partial charge >= 0.3 is 0 Å². The first-order chi connectivity index (χ1) is 9.69. The van der Waals surface area contributed by atoms with E-state index in [1.807, 2.05) is 7.05 Å². The fraction of sp³-hybridized carbons (Fsp3) is 0.688. The summed E-state index contributed by atoms with van der Waals surface area (Å²) in [5.74, 6) is 1.21. The Balaban J connectivity index is 1.88. The van der Waals surface area contributed by atoms with Crippen LogP contribution in [0.5, 0.6) is 0 Å². The fourth-order valence-corrected chi connectivity index (χ4v) is 3.68. The third-order valence-electron chi connectivity index (χ3n) is 4.69. The standard InChI is InChI=1S/C16H26N4/c1-12-9-13(2)18-16(15(12)10-17-3)20-8-7-19-6-4-5-14(19)11-20/h9,14,17H,4-8,10-11H2,1-3H3. The summed E-state index contributed by atoms with van der Waals surface area (Å²) in [6.07, 6.45) is 2.71. The predicted molar refractivity (Wildman–Crippen MR) is 83.3 cm³/mol. The van der Waals surface area contributed by atoms with Gasteiger partial charge in [-0.05, 0) is 51.9 Å². The van der Waals surface area contributed by atoms with Crippen LogP contribution in [0.25, 0.3) is 0 Å². The van der Waals surface area contributed by atoms with Gasteiger partial charge in [-0.15, -0.1) is 0 Å². The van der Waals surface area contributed by atoms with Crippen LogP contribution in [0.4, 0.5) is 5.82 Å². The van der Waals surface area contributed by atoms with Crippen LogP contribution in [-0.2, 0) is 6.54 Å². The van der Waals surface area contributed by atoms with Crippen molar-refractivity contribution in [1.29, 1.82) is 0 Å². The van der Waals surface area contributed by atoms with Gasteiger partial charge in [0.15, 0.2) is 0 Å². The second kappa shape index (κ2) is 5.70. The number of hydrogen-bond acceptors (Lipinski definition) is 4. The number of pyridine rings is 1. The lowest BCUT2D eigenvalue weighted by molar-refractivity contribution is 0.230. The van der Waals surface area contributed by atoms with E-state index in [9.17, 15) is 0 Å². The quantitative estimate of drug-likeness (QED) is 0.909. The van der Waals surface area contributed by atoms with E-state index in [1.54, 1.807) is 0 Å². The lowest BCUT2D eigenvalue weighted by atomic mass is 10.1. The third-order valence-corrected chi connectivity index (χ3v) is 4.69.